The molecule has 0 saturated heterocycles. The van der Waals surface area contributed by atoms with Crippen LogP contribution in [0.15, 0.2) is 36.4 Å². The summed E-state index contributed by atoms with van der Waals surface area (Å²) in [5, 5.41) is 9.58. The smallest absolute Gasteiger partial charge is 0.420 e. The van der Waals surface area contributed by atoms with Crippen LogP contribution in [0.4, 0.5) is 26.3 Å². The molecule has 142 valence electrons. The minimum Gasteiger partial charge on any atom is -0.504 e. The molecule has 0 spiro atoms. The molecule has 0 bridgehead atoms. The van der Waals surface area contributed by atoms with Crippen molar-refractivity contribution in [1.29, 1.82) is 0 Å². The van der Waals surface area contributed by atoms with Crippen molar-refractivity contribution in [2.75, 3.05) is 13.9 Å². The summed E-state index contributed by atoms with van der Waals surface area (Å²) >= 11 is 0. The monoisotopic (exact) mass is 382 g/mol. The highest BCUT2D eigenvalue weighted by Gasteiger charge is 2.35. The van der Waals surface area contributed by atoms with Gasteiger partial charge in [-0.25, -0.2) is 0 Å². The van der Waals surface area contributed by atoms with Gasteiger partial charge in [0, 0.05) is 6.07 Å². The number of hydrogen-bond acceptors (Lipinski definition) is 4. The SMILES string of the molecule is COc1cc(OCOc2cccc(C(F)(F)F)c2O)ccc1C(F)(F)F. The van der Waals surface area contributed by atoms with E-state index in [-0.39, 0.29) is 5.75 Å². The fourth-order valence-corrected chi connectivity index (χ4v) is 2.02. The summed E-state index contributed by atoms with van der Waals surface area (Å²) in [6, 6.07) is 5.47. The average Bonchev–Trinajstić information content (AvgIpc) is 2.54. The molecule has 2 rings (SSSR count). The Kier molecular flexibility index (Phi) is 5.43. The number of phenols is 1. The topological polar surface area (TPSA) is 47.9 Å². The van der Waals surface area contributed by atoms with Crippen molar-refractivity contribution in [1.82, 2.24) is 0 Å². The van der Waals surface area contributed by atoms with Crippen LogP contribution in [0.2, 0.25) is 0 Å². The summed E-state index contributed by atoms with van der Waals surface area (Å²) in [5.74, 6) is -2.16. The van der Waals surface area contributed by atoms with Crippen molar-refractivity contribution in [2.24, 2.45) is 0 Å². The van der Waals surface area contributed by atoms with Gasteiger partial charge in [-0.1, -0.05) is 6.07 Å². The lowest BCUT2D eigenvalue weighted by Crippen LogP contribution is -2.10. The Morgan fingerprint density at radius 3 is 2.08 bits per heavy atom. The number of aromatic hydroxyl groups is 1. The van der Waals surface area contributed by atoms with E-state index in [2.05, 4.69) is 4.74 Å². The van der Waals surface area contributed by atoms with Crippen molar-refractivity contribution < 1.29 is 45.7 Å². The van der Waals surface area contributed by atoms with E-state index in [1.807, 2.05) is 0 Å². The van der Waals surface area contributed by atoms with Gasteiger partial charge in [-0.15, -0.1) is 0 Å². The second-order valence-electron chi connectivity index (χ2n) is 4.92. The largest absolute Gasteiger partial charge is 0.504 e. The van der Waals surface area contributed by atoms with Crippen LogP contribution in [-0.2, 0) is 12.4 Å². The lowest BCUT2D eigenvalue weighted by Gasteiger charge is -2.15. The summed E-state index contributed by atoms with van der Waals surface area (Å²) in [7, 11) is 1.05. The van der Waals surface area contributed by atoms with E-state index in [0.717, 1.165) is 37.4 Å². The Morgan fingerprint density at radius 2 is 1.50 bits per heavy atom. The number of halogens is 6. The molecule has 0 saturated carbocycles. The van der Waals surface area contributed by atoms with Crippen molar-refractivity contribution in [2.45, 2.75) is 12.4 Å². The summed E-state index contributed by atoms with van der Waals surface area (Å²) in [5.41, 5.74) is -2.30. The van der Waals surface area contributed by atoms with Crippen LogP contribution >= 0.6 is 0 Å². The van der Waals surface area contributed by atoms with Crippen molar-refractivity contribution >= 4 is 0 Å². The number of alkyl halides is 6. The highest BCUT2D eigenvalue weighted by atomic mass is 19.4. The lowest BCUT2D eigenvalue weighted by atomic mass is 10.2. The first-order valence-electron chi connectivity index (χ1n) is 6.94. The molecule has 2 aromatic carbocycles. The maximum absolute atomic E-state index is 12.8. The minimum absolute atomic E-state index is 0.0682. The molecule has 0 aliphatic carbocycles. The standard InChI is InChI=1S/C16H12F6O4/c1-24-13-7-9(5-6-10(13)15(17,18)19)25-8-26-12-4-2-3-11(14(12)23)16(20,21)22/h2-7,23H,8H2,1H3. The van der Waals surface area contributed by atoms with Gasteiger partial charge in [-0.3, -0.25) is 0 Å². The first kappa shape index (κ1) is 19.5. The Balaban J connectivity index is 2.09. The van der Waals surface area contributed by atoms with Crippen molar-refractivity contribution in [3.63, 3.8) is 0 Å². The molecule has 1 N–H and O–H groups in total. The number of benzene rings is 2. The second kappa shape index (κ2) is 7.22. The molecule has 0 aliphatic rings. The number of ether oxygens (including phenoxy) is 3. The van der Waals surface area contributed by atoms with Gasteiger partial charge in [0.2, 0.25) is 6.79 Å². The van der Waals surface area contributed by atoms with Crippen LogP contribution in [0.5, 0.6) is 23.0 Å². The quantitative estimate of drug-likeness (QED) is 0.593. The first-order chi connectivity index (χ1) is 12.0. The number of rotatable bonds is 5. The zero-order valence-electron chi connectivity index (χ0n) is 13.1. The van der Waals surface area contributed by atoms with Crippen LogP contribution in [-0.4, -0.2) is 19.0 Å². The van der Waals surface area contributed by atoms with Crippen LogP contribution in [0, 0.1) is 0 Å². The third-order valence-electron chi connectivity index (χ3n) is 3.22. The Labute approximate surface area is 143 Å². The number of methoxy groups -OCH3 is 1. The van der Waals surface area contributed by atoms with Crippen LogP contribution in [0.25, 0.3) is 0 Å². The summed E-state index contributed by atoms with van der Waals surface area (Å²) in [4.78, 5) is 0. The van der Waals surface area contributed by atoms with Gasteiger partial charge in [0.15, 0.2) is 11.5 Å². The zero-order valence-corrected chi connectivity index (χ0v) is 13.1. The van der Waals surface area contributed by atoms with Gasteiger partial charge in [-0.2, -0.15) is 26.3 Å². The maximum Gasteiger partial charge on any atom is 0.420 e. The molecule has 4 nitrogen and oxygen atoms in total. The molecule has 0 aliphatic heterocycles. The molecule has 0 amide bonds. The number of phenolic OH excluding ortho intramolecular Hbond substituents is 1. The van der Waals surface area contributed by atoms with Gasteiger partial charge in [0.05, 0.1) is 12.7 Å². The lowest BCUT2D eigenvalue weighted by molar-refractivity contribution is -0.139. The molecule has 2 aromatic rings. The summed E-state index contributed by atoms with van der Waals surface area (Å²) in [6.45, 7) is -0.649. The molecule has 0 radical (unpaired) electrons. The van der Waals surface area contributed by atoms with Gasteiger partial charge in [-0.05, 0) is 24.3 Å². The van der Waals surface area contributed by atoms with E-state index in [9.17, 15) is 31.4 Å². The number of para-hydroxylation sites is 1. The van der Waals surface area contributed by atoms with E-state index < -0.39 is 47.5 Å². The molecular formula is C16H12F6O4. The van der Waals surface area contributed by atoms with Gasteiger partial charge < -0.3 is 19.3 Å². The van der Waals surface area contributed by atoms with E-state index in [1.54, 1.807) is 0 Å². The van der Waals surface area contributed by atoms with E-state index >= 15 is 0 Å². The Morgan fingerprint density at radius 1 is 0.846 bits per heavy atom. The first-order valence-corrected chi connectivity index (χ1v) is 6.94. The molecule has 26 heavy (non-hydrogen) atoms. The normalized spacial score (nSPS) is 12.0. The van der Waals surface area contributed by atoms with Crippen molar-refractivity contribution in [3.05, 3.63) is 47.5 Å². The van der Waals surface area contributed by atoms with Crippen molar-refractivity contribution in [3.8, 4) is 23.0 Å². The molecule has 10 heteroatoms. The van der Waals surface area contributed by atoms with E-state index in [4.69, 9.17) is 9.47 Å². The second-order valence-corrected chi connectivity index (χ2v) is 4.92. The average molecular weight is 382 g/mol. The molecular weight excluding hydrogens is 370 g/mol. The van der Waals surface area contributed by atoms with Crippen LogP contribution in [0.3, 0.4) is 0 Å². The van der Waals surface area contributed by atoms with Gasteiger partial charge in [0.1, 0.15) is 17.1 Å². The van der Waals surface area contributed by atoms with Gasteiger partial charge in [0.25, 0.3) is 0 Å². The molecule has 0 atom stereocenters. The Bertz CT molecular complexity index is 770. The fraction of sp³-hybridized carbons (Fsp3) is 0.250. The van der Waals surface area contributed by atoms with Gasteiger partial charge >= 0.3 is 12.4 Å². The minimum atomic E-state index is -4.77. The fourth-order valence-electron chi connectivity index (χ4n) is 2.02. The maximum atomic E-state index is 12.8. The molecule has 0 heterocycles. The molecule has 0 fully saturated rings. The molecule has 0 aromatic heterocycles. The zero-order chi connectivity index (χ0) is 19.5. The Hall–Kier alpha value is -2.78. The summed E-state index contributed by atoms with van der Waals surface area (Å²) < 4.78 is 90.9. The highest BCUT2D eigenvalue weighted by Crippen LogP contribution is 2.41. The van der Waals surface area contributed by atoms with Crippen LogP contribution < -0.4 is 14.2 Å². The highest BCUT2D eigenvalue weighted by molar-refractivity contribution is 5.47. The predicted octanol–water partition coefficient (Wildman–Crippen LogP) is 4.85. The third-order valence-corrected chi connectivity index (χ3v) is 3.22. The van der Waals surface area contributed by atoms with Crippen LogP contribution in [0.1, 0.15) is 11.1 Å². The predicted molar refractivity (Wildman–Crippen MR) is 77.2 cm³/mol. The van der Waals surface area contributed by atoms with E-state index in [0.29, 0.717) is 6.07 Å². The van der Waals surface area contributed by atoms with E-state index in [1.165, 1.54) is 0 Å². The third kappa shape index (κ3) is 4.44. The number of hydrogen-bond donors (Lipinski definition) is 1. The molecule has 0 unspecified atom stereocenters. The summed E-state index contributed by atoms with van der Waals surface area (Å²) in [6.07, 6.45) is -9.39.